The number of benzene rings is 2. The fourth-order valence-electron chi connectivity index (χ4n) is 4.43. The molecule has 0 radical (unpaired) electrons. The Balaban J connectivity index is 0.000000214. The van der Waals surface area contributed by atoms with Crippen molar-refractivity contribution in [2.24, 2.45) is 5.73 Å². The molecule has 1 saturated heterocycles. The molecule has 1 amide bonds. The van der Waals surface area contributed by atoms with Crippen LogP contribution in [-0.4, -0.2) is 77.0 Å². The highest BCUT2D eigenvalue weighted by molar-refractivity contribution is 5.86. The van der Waals surface area contributed by atoms with Gasteiger partial charge in [0.1, 0.15) is 6.54 Å². The maximum absolute atomic E-state index is 11.5. The average Bonchev–Trinajstić information content (AvgIpc) is 2.87. The van der Waals surface area contributed by atoms with Gasteiger partial charge in [0.25, 0.3) is 0 Å². The van der Waals surface area contributed by atoms with E-state index in [0.717, 1.165) is 6.54 Å². The number of amides is 1. The number of aliphatic hydroxyl groups is 2. The number of carbonyl (C=O) groups excluding carboxylic acids is 1. The predicted octanol–water partition coefficient (Wildman–Crippen LogP) is 1.99. The molecule has 2 fully saturated rings. The van der Waals surface area contributed by atoms with Crippen molar-refractivity contribution in [3.63, 3.8) is 0 Å². The fourth-order valence-corrected chi connectivity index (χ4v) is 4.43. The Hall–Kier alpha value is -2.80. The Morgan fingerprint density at radius 2 is 1.50 bits per heavy atom. The van der Waals surface area contributed by atoms with Crippen LogP contribution >= 0.6 is 0 Å². The molecule has 4 rings (SSSR count). The molecule has 0 aromatic heterocycles. The zero-order valence-electron chi connectivity index (χ0n) is 21.4. The van der Waals surface area contributed by atoms with E-state index in [9.17, 15) is 15.0 Å². The average molecular weight is 494 g/mol. The minimum atomic E-state index is -1.71. The number of piperazine rings is 1. The van der Waals surface area contributed by atoms with Gasteiger partial charge in [0.2, 0.25) is 5.91 Å². The molecule has 0 unspecified atom stereocenters. The Bertz CT molecular complexity index is 1010. The summed E-state index contributed by atoms with van der Waals surface area (Å²) in [7, 11) is 2.20. The number of nitrogens with zero attached hydrogens (tertiary/aromatic N) is 3. The van der Waals surface area contributed by atoms with Gasteiger partial charge in [-0.25, -0.2) is 0 Å². The lowest BCUT2D eigenvalue weighted by Crippen LogP contribution is -2.58. The van der Waals surface area contributed by atoms with Gasteiger partial charge in [-0.3, -0.25) is 9.69 Å². The second-order valence-electron chi connectivity index (χ2n) is 10.1. The van der Waals surface area contributed by atoms with Crippen LogP contribution in [0, 0.1) is 18.3 Å². The van der Waals surface area contributed by atoms with Crippen molar-refractivity contribution < 1.29 is 15.0 Å². The Morgan fingerprint density at radius 1 is 0.972 bits per heavy atom. The third kappa shape index (κ3) is 8.12. The van der Waals surface area contributed by atoms with Crippen molar-refractivity contribution in [1.29, 1.82) is 5.26 Å². The van der Waals surface area contributed by atoms with Gasteiger partial charge < -0.3 is 26.2 Å². The summed E-state index contributed by atoms with van der Waals surface area (Å²) in [6.45, 7) is 7.83. The zero-order valence-corrected chi connectivity index (χ0v) is 21.4. The summed E-state index contributed by atoms with van der Waals surface area (Å²) in [5.41, 5.74) is 10.1. The molecule has 1 aliphatic heterocycles. The Kier molecular flexibility index (Phi) is 9.60. The number of nitrogens with two attached hydrogens (primary N) is 1. The molecule has 1 heterocycles. The fraction of sp³-hybridized carbons (Fsp3) is 0.500. The Labute approximate surface area is 214 Å². The van der Waals surface area contributed by atoms with Crippen molar-refractivity contribution in [3.8, 4) is 17.2 Å². The number of hydrogen-bond donors (Lipinski definition) is 4. The summed E-state index contributed by atoms with van der Waals surface area (Å²) in [5.74, 6) is -2.11. The number of rotatable bonds is 5. The number of aryl methyl sites for hydroxylation is 1. The van der Waals surface area contributed by atoms with Crippen LogP contribution in [0.4, 0.5) is 0 Å². The van der Waals surface area contributed by atoms with Gasteiger partial charge in [-0.2, -0.15) is 5.26 Å². The number of likely N-dealkylation sites (N-methyl/N-ethyl adjacent to an activating group) is 1. The minimum absolute atomic E-state index is 0.0729. The first kappa shape index (κ1) is 27.8. The van der Waals surface area contributed by atoms with E-state index in [2.05, 4.69) is 77.6 Å². The molecule has 8 heteroatoms. The van der Waals surface area contributed by atoms with Gasteiger partial charge in [0.15, 0.2) is 5.79 Å². The van der Waals surface area contributed by atoms with Gasteiger partial charge in [-0.05, 0) is 43.5 Å². The van der Waals surface area contributed by atoms with E-state index >= 15 is 0 Å². The highest BCUT2D eigenvalue weighted by atomic mass is 16.5. The molecule has 0 bridgehead atoms. The van der Waals surface area contributed by atoms with Crippen molar-refractivity contribution in [1.82, 2.24) is 15.1 Å². The Morgan fingerprint density at radius 3 is 2.03 bits per heavy atom. The first-order valence-corrected chi connectivity index (χ1v) is 12.6. The number of hydrogen-bond acceptors (Lipinski definition) is 7. The summed E-state index contributed by atoms with van der Waals surface area (Å²) in [5, 5.41) is 29.2. The monoisotopic (exact) mass is 493 g/mol. The topological polar surface area (TPSA) is 126 Å². The molecular weight excluding hydrogens is 454 g/mol. The van der Waals surface area contributed by atoms with Gasteiger partial charge in [0, 0.05) is 45.6 Å². The largest absolute Gasteiger partial charge is 0.366 e. The van der Waals surface area contributed by atoms with Crippen LogP contribution in [0.1, 0.15) is 36.8 Å². The molecule has 8 nitrogen and oxygen atoms in total. The standard InChI is InChI=1S/C19H24N2.C9H15N3O3/c1-16-3-7-18(8-4-16)19-9-5-17(6-10-19)15-21-13-11-20(2)12-14-21;10-5-6-12-7(13)8(11)1-3-9(14,15)4-2-8/h3-10H,11-15H2,1-2H3;14-15H,1-4,6,11H2,(H,12,13). The third-order valence-electron chi connectivity index (χ3n) is 7.06. The van der Waals surface area contributed by atoms with E-state index in [4.69, 9.17) is 11.0 Å². The smallest absolute Gasteiger partial charge is 0.240 e. The summed E-state index contributed by atoms with van der Waals surface area (Å²) in [4.78, 5) is 16.5. The molecule has 36 heavy (non-hydrogen) atoms. The van der Waals surface area contributed by atoms with Crippen LogP contribution in [0.2, 0.25) is 0 Å². The molecule has 0 spiro atoms. The predicted molar refractivity (Wildman–Crippen MR) is 141 cm³/mol. The number of carbonyl (C=O) groups is 1. The third-order valence-corrected chi connectivity index (χ3v) is 7.06. The molecule has 2 aliphatic rings. The highest BCUT2D eigenvalue weighted by Crippen LogP contribution is 2.31. The van der Waals surface area contributed by atoms with E-state index in [1.54, 1.807) is 6.07 Å². The lowest BCUT2D eigenvalue weighted by molar-refractivity contribution is -0.188. The van der Waals surface area contributed by atoms with Gasteiger partial charge >= 0.3 is 0 Å². The summed E-state index contributed by atoms with van der Waals surface area (Å²) < 4.78 is 0. The van der Waals surface area contributed by atoms with Gasteiger partial charge in [-0.15, -0.1) is 0 Å². The minimum Gasteiger partial charge on any atom is -0.366 e. The van der Waals surface area contributed by atoms with Crippen LogP contribution in [-0.2, 0) is 11.3 Å². The van der Waals surface area contributed by atoms with Crippen LogP contribution in [0.25, 0.3) is 11.1 Å². The lowest BCUT2D eigenvalue weighted by Gasteiger charge is -2.37. The van der Waals surface area contributed by atoms with Crippen LogP contribution in [0.5, 0.6) is 0 Å². The van der Waals surface area contributed by atoms with E-state index in [1.807, 2.05) is 0 Å². The summed E-state index contributed by atoms with van der Waals surface area (Å²) in [6.07, 6.45) is 0.557. The van der Waals surface area contributed by atoms with Crippen molar-refractivity contribution in [2.45, 2.75) is 50.5 Å². The number of nitriles is 1. The normalized spacial score (nSPS) is 19.4. The maximum Gasteiger partial charge on any atom is 0.240 e. The SMILES string of the molecule is Cc1ccc(-c2ccc(CN3CCN(C)CC3)cc2)cc1.N#CCNC(=O)C1(N)CCC(O)(O)CC1. The van der Waals surface area contributed by atoms with Crippen LogP contribution < -0.4 is 11.1 Å². The van der Waals surface area contributed by atoms with Crippen LogP contribution in [0.3, 0.4) is 0 Å². The van der Waals surface area contributed by atoms with Gasteiger partial charge in [-0.1, -0.05) is 54.1 Å². The van der Waals surface area contributed by atoms with E-state index in [0.29, 0.717) is 0 Å². The molecule has 2 aromatic carbocycles. The molecule has 1 saturated carbocycles. The second kappa shape index (κ2) is 12.4. The van der Waals surface area contributed by atoms with Crippen molar-refractivity contribution in [2.75, 3.05) is 39.8 Å². The molecule has 2 aromatic rings. The lowest BCUT2D eigenvalue weighted by atomic mass is 9.79. The van der Waals surface area contributed by atoms with Crippen molar-refractivity contribution in [3.05, 3.63) is 59.7 Å². The van der Waals surface area contributed by atoms with Gasteiger partial charge in [0.05, 0.1) is 11.6 Å². The maximum atomic E-state index is 11.5. The van der Waals surface area contributed by atoms with E-state index < -0.39 is 17.2 Å². The summed E-state index contributed by atoms with van der Waals surface area (Å²) in [6, 6.07) is 19.6. The molecule has 1 aliphatic carbocycles. The van der Waals surface area contributed by atoms with E-state index in [1.165, 1.54) is 48.4 Å². The van der Waals surface area contributed by atoms with Crippen LogP contribution in [0.15, 0.2) is 48.5 Å². The summed E-state index contributed by atoms with van der Waals surface area (Å²) >= 11 is 0. The number of nitrogens with one attached hydrogen (secondary N) is 1. The first-order valence-electron chi connectivity index (χ1n) is 12.6. The van der Waals surface area contributed by atoms with E-state index in [-0.39, 0.29) is 32.2 Å². The molecule has 0 atom stereocenters. The molecular formula is C28H39N5O3. The highest BCUT2D eigenvalue weighted by Gasteiger charge is 2.42. The molecule has 5 N–H and O–H groups in total. The quantitative estimate of drug-likeness (QED) is 0.371. The molecule has 194 valence electrons. The second-order valence-corrected chi connectivity index (χ2v) is 10.1. The van der Waals surface area contributed by atoms with Crippen molar-refractivity contribution >= 4 is 5.91 Å². The zero-order chi connectivity index (χ0) is 26.2. The first-order chi connectivity index (χ1) is 17.1.